The SMILES string of the molecule is NC(CCCCC(=O)O)c1cccoc1=O. The van der Waals surface area contributed by atoms with E-state index in [2.05, 4.69) is 0 Å². The zero-order valence-electron chi connectivity index (χ0n) is 8.89. The van der Waals surface area contributed by atoms with Gasteiger partial charge in [-0.1, -0.05) is 6.42 Å². The molecular formula is C11H15NO4. The van der Waals surface area contributed by atoms with Gasteiger partial charge in [0.05, 0.1) is 11.8 Å². The van der Waals surface area contributed by atoms with Crippen LogP contribution in [0.5, 0.6) is 0 Å². The topological polar surface area (TPSA) is 93.5 Å². The highest BCUT2D eigenvalue weighted by molar-refractivity contribution is 5.66. The molecule has 1 aromatic heterocycles. The van der Waals surface area contributed by atoms with E-state index in [9.17, 15) is 9.59 Å². The lowest BCUT2D eigenvalue weighted by Gasteiger charge is -2.09. The number of hydrogen-bond acceptors (Lipinski definition) is 4. The number of rotatable bonds is 6. The van der Waals surface area contributed by atoms with E-state index < -0.39 is 11.6 Å². The normalized spacial score (nSPS) is 12.3. The third kappa shape index (κ3) is 3.86. The highest BCUT2D eigenvalue weighted by Crippen LogP contribution is 2.13. The van der Waals surface area contributed by atoms with E-state index in [1.165, 1.54) is 6.26 Å². The first-order chi connectivity index (χ1) is 7.61. The Morgan fingerprint density at radius 2 is 2.25 bits per heavy atom. The van der Waals surface area contributed by atoms with Crippen LogP contribution in [0.2, 0.25) is 0 Å². The highest BCUT2D eigenvalue weighted by atomic mass is 16.4. The van der Waals surface area contributed by atoms with E-state index in [1.807, 2.05) is 0 Å². The van der Waals surface area contributed by atoms with Crippen LogP contribution in [0.25, 0.3) is 0 Å². The number of unbranched alkanes of at least 4 members (excludes halogenated alkanes) is 1. The molecule has 0 spiro atoms. The fourth-order valence-electron chi connectivity index (χ4n) is 1.45. The third-order valence-electron chi connectivity index (χ3n) is 2.32. The number of carboxylic acids is 1. The van der Waals surface area contributed by atoms with Crippen LogP contribution in [0.4, 0.5) is 0 Å². The Bertz CT molecular complexity index is 399. The molecule has 5 nitrogen and oxygen atoms in total. The second-order valence-corrected chi connectivity index (χ2v) is 3.60. The summed E-state index contributed by atoms with van der Waals surface area (Å²) < 4.78 is 4.69. The minimum absolute atomic E-state index is 0.135. The molecule has 0 saturated heterocycles. The van der Waals surface area contributed by atoms with Crippen molar-refractivity contribution in [2.45, 2.75) is 31.7 Å². The number of carbonyl (C=O) groups is 1. The molecular weight excluding hydrogens is 210 g/mol. The number of carboxylic acid groups (broad SMARTS) is 1. The standard InChI is InChI=1S/C11H15NO4/c12-9(5-1-2-6-10(13)14)8-4-3-7-16-11(8)15/h3-4,7,9H,1-2,5-6,12H2,(H,13,14). The van der Waals surface area contributed by atoms with Crippen LogP contribution in [0.15, 0.2) is 27.6 Å². The highest BCUT2D eigenvalue weighted by Gasteiger charge is 2.10. The second kappa shape index (κ2) is 6.07. The van der Waals surface area contributed by atoms with Gasteiger partial charge < -0.3 is 15.3 Å². The van der Waals surface area contributed by atoms with Crippen LogP contribution in [0.3, 0.4) is 0 Å². The van der Waals surface area contributed by atoms with Gasteiger partial charge in [0.2, 0.25) is 0 Å². The summed E-state index contributed by atoms with van der Waals surface area (Å²) in [5.74, 6) is -0.812. The predicted molar refractivity (Wildman–Crippen MR) is 58.0 cm³/mol. The van der Waals surface area contributed by atoms with E-state index in [0.717, 1.165) is 0 Å². The molecule has 0 saturated carbocycles. The lowest BCUT2D eigenvalue weighted by atomic mass is 10.0. The first-order valence-corrected chi connectivity index (χ1v) is 5.16. The molecule has 1 unspecified atom stereocenters. The van der Waals surface area contributed by atoms with Gasteiger partial charge in [0.1, 0.15) is 0 Å². The Hall–Kier alpha value is -1.62. The summed E-state index contributed by atoms with van der Waals surface area (Å²) >= 11 is 0. The van der Waals surface area contributed by atoms with Gasteiger partial charge in [-0.15, -0.1) is 0 Å². The largest absolute Gasteiger partial charge is 0.481 e. The van der Waals surface area contributed by atoms with Gasteiger partial charge in [-0.25, -0.2) is 4.79 Å². The maximum atomic E-state index is 11.3. The Labute approximate surface area is 92.9 Å². The molecule has 0 bridgehead atoms. The average molecular weight is 225 g/mol. The smallest absolute Gasteiger partial charge is 0.340 e. The van der Waals surface area contributed by atoms with Crippen molar-refractivity contribution in [3.05, 3.63) is 34.4 Å². The van der Waals surface area contributed by atoms with Crippen molar-refractivity contribution in [2.75, 3.05) is 0 Å². The quantitative estimate of drug-likeness (QED) is 0.711. The third-order valence-corrected chi connectivity index (χ3v) is 2.32. The van der Waals surface area contributed by atoms with E-state index in [4.69, 9.17) is 15.3 Å². The Kier molecular flexibility index (Phi) is 4.72. The zero-order valence-corrected chi connectivity index (χ0v) is 8.89. The monoisotopic (exact) mass is 225 g/mol. The van der Waals surface area contributed by atoms with E-state index in [0.29, 0.717) is 24.8 Å². The van der Waals surface area contributed by atoms with Gasteiger partial charge in [-0.3, -0.25) is 4.79 Å². The van der Waals surface area contributed by atoms with Crippen LogP contribution in [0, 0.1) is 0 Å². The molecule has 0 aliphatic rings. The summed E-state index contributed by atoms with van der Waals surface area (Å²) in [6, 6.07) is 2.87. The molecule has 1 rings (SSSR count). The van der Waals surface area contributed by atoms with Gasteiger partial charge in [0.15, 0.2) is 0 Å². The number of hydrogen-bond donors (Lipinski definition) is 2. The van der Waals surface area contributed by atoms with Gasteiger partial charge in [0, 0.05) is 12.5 Å². The van der Waals surface area contributed by atoms with Gasteiger partial charge in [-0.05, 0) is 25.0 Å². The average Bonchev–Trinajstić information content (AvgIpc) is 2.24. The van der Waals surface area contributed by atoms with Crippen molar-refractivity contribution >= 4 is 5.97 Å². The molecule has 0 amide bonds. The van der Waals surface area contributed by atoms with Crippen LogP contribution in [-0.2, 0) is 4.79 Å². The van der Waals surface area contributed by atoms with E-state index in [-0.39, 0.29) is 12.5 Å². The fourth-order valence-corrected chi connectivity index (χ4v) is 1.45. The molecule has 0 radical (unpaired) electrons. The van der Waals surface area contributed by atoms with Crippen molar-refractivity contribution in [3.8, 4) is 0 Å². The van der Waals surface area contributed by atoms with Crippen LogP contribution >= 0.6 is 0 Å². The molecule has 16 heavy (non-hydrogen) atoms. The molecule has 3 N–H and O–H groups in total. The summed E-state index contributed by atoms with van der Waals surface area (Å²) in [7, 11) is 0. The summed E-state index contributed by atoms with van der Waals surface area (Å²) in [4.78, 5) is 21.5. The minimum atomic E-state index is -0.812. The van der Waals surface area contributed by atoms with Crippen molar-refractivity contribution in [2.24, 2.45) is 5.73 Å². The molecule has 88 valence electrons. The van der Waals surface area contributed by atoms with Crippen LogP contribution in [-0.4, -0.2) is 11.1 Å². The van der Waals surface area contributed by atoms with E-state index >= 15 is 0 Å². The fraction of sp³-hybridized carbons (Fsp3) is 0.455. The Morgan fingerprint density at radius 3 is 2.88 bits per heavy atom. The van der Waals surface area contributed by atoms with E-state index in [1.54, 1.807) is 12.1 Å². The maximum absolute atomic E-state index is 11.3. The van der Waals surface area contributed by atoms with Crippen molar-refractivity contribution in [3.63, 3.8) is 0 Å². The van der Waals surface area contributed by atoms with Crippen LogP contribution in [0.1, 0.15) is 37.3 Å². The van der Waals surface area contributed by atoms with Gasteiger partial charge in [0.25, 0.3) is 0 Å². The molecule has 1 atom stereocenters. The molecule has 1 aromatic rings. The maximum Gasteiger partial charge on any atom is 0.340 e. The van der Waals surface area contributed by atoms with Crippen molar-refractivity contribution < 1.29 is 14.3 Å². The zero-order chi connectivity index (χ0) is 12.0. The summed E-state index contributed by atoms with van der Waals surface area (Å²) in [6.45, 7) is 0. The Balaban J connectivity index is 2.41. The first-order valence-electron chi connectivity index (χ1n) is 5.16. The number of aliphatic carboxylic acids is 1. The summed E-state index contributed by atoms with van der Waals surface area (Å²) in [5, 5.41) is 8.44. The lowest BCUT2D eigenvalue weighted by molar-refractivity contribution is -0.137. The lowest BCUT2D eigenvalue weighted by Crippen LogP contribution is -2.18. The predicted octanol–water partition coefficient (Wildman–Crippen LogP) is 1.28. The molecule has 0 aliphatic carbocycles. The molecule has 0 aromatic carbocycles. The first kappa shape index (κ1) is 12.4. The van der Waals surface area contributed by atoms with Crippen molar-refractivity contribution in [1.82, 2.24) is 0 Å². The van der Waals surface area contributed by atoms with Crippen molar-refractivity contribution in [1.29, 1.82) is 0 Å². The van der Waals surface area contributed by atoms with Gasteiger partial charge >= 0.3 is 11.6 Å². The Morgan fingerprint density at radius 1 is 1.50 bits per heavy atom. The second-order valence-electron chi connectivity index (χ2n) is 3.60. The van der Waals surface area contributed by atoms with Crippen LogP contribution < -0.4 is 11.4 Å². The summed E-state index contributed by atoms with van der Waals surface area (Å²) in [5.41, 5.74) is 5.82. The molecule has 0 aliphatic heterocycles. The molecule has 0 fully saturated rings. The minimum Gasteiger partial charge on any atom is -0.481 e. The number of nitrogens with two attached hydrogens (primary N) is 1. The summed E-state index contributed by atoms with van der Waals surface area (Å²) in [6.07, 6.45) is 3.28. The molecule has 1 heterocycles. The molecule has 5 heteroatoms. The van der Waals surface area contributed by atoms with Gasteiger partial charge in [-0.2, -0.15) is 0 Å².